The second-order valence-corrected chi connectivity index (χ2v) is 16.8. The molecular formula is C58H36N4S. The minimum absolute atomic E-state index is 0.624. The van der Waals surface area contributed by atoms with Gasteiger partial charge in [0.15, 0.2) is 17.5 Å². The third-order valence-electron chi connectivity index (χ3n) is 12.0. The summed E-state index contributed by atoms with van der Waals surface area (Å²) < 4.78 is 2.49. The molecule has 0 atom stereocenters. The second kappa shape index (κ2) is 15.4. The molecule has 5 heteroatoms. The van der Waals surface area contributed by atoms with Crippen molar-refractivity contribution in [2.45, 2.75) is 0 Å². The molecule has 0 aliphatic carbocycles. The van der Waals surface area contributed by atoms with Crippen molar-refractivity contribution in [2.75, 3.05) is 0 Å². The number of nitrogens with zero attached hydrogens (tertiary/aromatic N) is 4. The summed E-state index contributed by atoms with van der Waals surface area (Å²) in [5.41, 5.74) is 12.8. The molecule has 0 amide bonds. The molecule has 0 unspecified atom stereocenters. The molecule has 3 heterocycles. The molecule has 4 nitrogen and oxygen atoms in total. The quantitative estimate of drug-likeness (QED) is 0.150. The highest BCUT2D eigenvalue weighted by Crippen LogP contribution is 2.45. The molecule has 0 aliphatic rings. The number of fused-ring (bicyclic) bond motifs is 7. The summed E-state index contributed by atoms with van der Waals surface area (Å²) in [7, 11) is 0. The van der Waals surface area contributed by atoms with Crippen LogP contribution in [-0.4, -0.2) is 19.9 Å². The summed E-state index contributed by atoms with van der Waals surface area (Å²) in [6.45, 7) is 0. The standard InChI is InChI=1S/C58H36N4S/c1-3-11-37(12-4-1)39-21-29-45(30-22-39)56-60-57(46-31-23-40(24-32-46)38-13-5-2-6-14-38)62-58(61-56)47-33-25-42(26-34-47)41-19-27-44(28-20-41)54-55-53(49-17-9-10-18-51(49)63-55)52-48-16-8-7-15-43(48)35-36-50(52)59-54/h1-36H. The molecule has 0 spiro atoms. The Labute approximate surface area is 368 Å². The van der Waals surface area contributed by atoms with Gasteiger partial charge < -0.3 is 0 Å². The Morgan fingerprint density at radius 1 is 0.270 bits per heavy atom. The highest BCUT2D eigenvalue weighted by atomic mass is 32.1. The Morgan fingerprint density at radius 2 is 0.667 bits per heavy atom. The Balaban J connectivity index is 0.896. The SMILES string of the molecule is c1ccc(-c2ccc(-c3nc(-c4ccc(-c5ccccc5)cc4)nc(-c4ccc(-c5ccc(-c6nc7ccc8ccccc8c7c7c6sc6ccccc67)cc5)cc4)n3)cc2)cc1. The predicted molar refractivity (Wildman–Crippen MR) is 264 cm³/mol. The van der Waals surface area contributed by atoms with Crippen LogP contribution in [0, 0.1) is 0 Å². The maximum Gasteiger partial charge on any atom is 0.164 e. The van der Waals surface area contributed by atoms with Crippen LogP contribution in [0.4, 0.5) is 0 Å². The molecule has 0 saturated carbocycles. The van der Waals surface area contributed by atoms with Crippen LogP contribution in [0.25, 0.3) is 121 Å². The first-order valence-corrected chi connectivity index (χ1v) is 21.9. The van der Waals surface area contributed by atoms with Gasteiger partial charge in [-0.05, 0) is 56.3 Å². The van der Waals surface area contributed by atoms with Crippen molar-refractivity contribution in [1.29, 1.82) is 0 Å². The Bertz CT molecular complexity index is 3520. The number of hydrogen-bond donors (Lipinski definition) is 0. The predicted octanol–water partition coefficient (Wildman–Crippen LogP) is 15.6. The van der Waals surface area contributed by atoms with Crippen molar-refractivity contribution in [3.8, 4) is 78.8 Å². The van der Waals surface area contributed by atoms with Crippen LogP contribution in [-0.2, 0) is 0 Å². The topological polar surface area (TPSA) is 51.6 Å². The molecule has 0 radical (unpaired) electrons. The summed E-state index contributed by atoms with van der Waals surface area (Å²) >= 11 is 1.83. The van der Waals surface area contributed by atoms with Crippen molar-refractivity contribution in [3.05, 3.63) is 218 Å². The van der Waals surface area contributed by atoms with E-state index in [9.17, 15) is 0 Å². The molecule has 0 aliphatic heterocycles. The Morgan fingerprint density at radius 3 is 1.17 bits per heavy atom. The van der Waals surface area contributed by atoms with Crippen molar-refractivity contribution in [1.82, 2.24) is 19.9 Å². The van der Waals surface area contributed by atoms with Gasteiger partial charge in [0, 0.05) is 43.1 Å². The van der Waals surface area contributed by atoms with E-state index in [0.717, 1.165) is 55.7 Å². The van der Waals surface area contributed by atoms with E-state index in [2.05, 4.69) is 206 Å². The summed E-state index contributed by atoms with van der Waals surface area (Å²) in [4.78, 5) is 20.5. The van der Waals surface area contributed by atoms with E-state index in [1.54, 1.807) is 0 Å². The molecule has 0 saturated heterocycles. The zero-order valence-electron chi connectivity index (χ0n) is 34.0. The Hall–Kier alpha value is -8.12. The van der Waals surface area contributed by atoms with Crippen LogP contribution in [0.2, 0.25) is 0 Å². The first kappa shape index (κ1) is 36.7. The van der Waals surface area contributed by atoms with E-state index in [4.69, 9.17) is 19.9 Å². The molecule has 3 aromatic heterocycles. The van der Waals surface area contributed by atoms with Crippen LogP contribution >= 0.6 is 11.3 Å². The lowest BCUT2D eigenvalue weighted by molar-refractivity contribution is 1.07. The minimum atomic E-state index is 0.624. The highest BCUT2D eigenvalue weighted by molar-refractivity contribution is 7.26. The van der Waals surface area contributed by atoms with Gasteiger partial charge >= 0.3 is 0 Å². The van der Waals surface area contributed by atoms with Crippen molar-refractivity contribution < 1.29 is 0 Å². The number of thiophene rings is 1. The van der Waals surface area contributed by atoms with Crippen LogP contribution in [0.3, 0.4) is 0 Å². The fourth-order valence-corrected chi connectivity index (χ4v) is 9.94. The van der Waals surface area contributed by atoms with Crippen molar-refractivity contribution in [3.63, 3.8) is 0 Å². The molecule has 12 aromatic rings. The van der Waals surface area contributed by atoms with Crippen molar-refractivity contribution >= 4 is 53.2 Å². The normalized spacial score (nSPS) is 11.5. The number of rotatable bonds is 7. The summed E-state index contributed by atoms with van der Waals surface area (Å²) in [6, 6.07) is 76.8. The molecule has 0 fully saturated rings. The molecule has 0 bridgehead atoms. The number of benzene rings is 9. The molecular weight excluding hydrogens is 785 g/mol. The third kappa shape index (κ3) is 6.72. The smallest absolute Gasteiger partial charge is 0.164 e. The molecule has 0 N–H and O–H groups in total. The average molecular weight is 821 g/mol. The van der Waals surface area contributed by atoms with E-state index in [1.807, 2.05) is 23.5 Å². The van der Waals surface area contributed by atoms with E-state index in [1.165, 1.54) is 47.5 Å². The van der Waals surface area contributed by atoms with Gasteiger partial charge in [-0.3, -0.25) is 0 Å². The van der Waals surface area contributed by atoms with Gasteiger partial charge in [-0.25, -0.2) is 19.9 Å². The maximum atomic E-state index is 5.35. The maximum absolute atomic E-state index is 5.35. The van der Waals surface area contributed by atoms with Gasteiger partial charge in [-0.1, -0.05) is 206 Å². The van der Waals surface area contributed by atoms with Crippen LogP contribution in [0.15, 0.2) is 218 Å². The zero-order valence-corrected chi connectivity index (χ0v) is 34.8. The average Bonchev–Trinajstić information content (AvgIpc) is 3.76. The summed E-state index contributed by atoms with van der Waals surface area (Å²) in [5.74, 6) is 1.88. The van der Waals surface area contributed by atoms with Gasteiger partial charge in [0.05, 0.1) is 15.9 Å². The van der Waals surface area contributed by atoms with Crippen LogP contribution in [0.5, 0.6) is 0 Å². The minimum Gasteiger partial charge on any atom is -0.246 e. The summed E-state index contributed by atoms with van der Waals surface area (Å²) in [5, 5.41) is 6.25. The molecule has 12 rings (SSSR count). The van der Waals surface area contributed by atoms with Gasteiger partial charge in [-0.15, -0.1) is 11.3 Å². The van der Waals surface area contributed by atoms with E-state index < -0.39 is 0 Å². The number of hydrogen-bond acceptors (Lipinski definition) is 5. The lowest BCUT2D eigenvalue weighted by Gasteiger charge is -2.11. The molecule has 63 heavy (non-hydrogen) atoms. The summed E-state index contributed by atoms with van der Waals surface area (Å²) in [6.07, 6.45) is 0. The number of pyridine rings is 1. The lowest BCUT2D eigenvalue weighted by atomic mass is 9.97. The van der Waals surface area contributed by atoms with Gasteiger partial charge in [0.1, 0.15) is 0 Å². The molecule has 294 valence electrons. The monoisotopic (exact) mass is 820 g/mol. The fraction of sp³-hybridized carbons (Fsp3) is 0. The van der Waals surface area contributed by atoms with E-state index >= 15 is 0 Å². The van der Waals surface area contributed by atoms with E-state index in [0.29, 0.717) is 17.5 Å². The number of aromatic nitrogens is 4. The largest absolute Gasteiger partial charge is 0.246 e. The Kier molecular flexibility index (Phi) is 8.98. The zero-order chi connectivity index (χ0) is 41.7. The van der Waals surface area contributed by atoms with Crippen LogP contribution < -0.4 is 0 Å². The fourth-order valence-electron chi connectivity index (χ4n) is 8.72. The van der Waals surface area contributed by atoms with Gasteiger partial charge in [0.25, 0.3) is 0 Å². The first-order chi connectivity index (χ1) is 31.2. The van der Waals surface area contributed by atoms with Crippen molar-refractivity contribution in [2.24, 2.45) is 0 Å². The van der Waals surface area contributed by atoms with Crippen LogP contribution in [0.1, 0.15) is 0 Å². The second-order valence-electron chi connectivity index (χ2n) is 15.8. The molecule has 9 aromatic carbocycles. The first-order valence-electron chi connectivity index (χ1n) is 21.1. The van der Waals surface area contributed by atoms with E-state index in [-0.39, 0.29) is 0 Å². The highest BCUT2D eigenvalue weighted by Gasteiger charge is 2.18. The third-order valence-corrected chi connectivity index (χ3v) is 13.1. The van der Waals surface area contributed by atoms with Gasteiger partial charge in [-0.2, -0.15) is 0 Å². The lowest BCUT2D eigenvalue weighted by Crippen LogP contribution is -2.00. The van der Waals surface area contributed by atoms with Gasteiger partial charge in [0.2, 0.25) is 0 Å².